The summed E-state index contributed by atoms with van der Waals surface area (Å²) in [7, 11) is 0. The van der Waals surface area contributed by atoms with Crippen LogP contribution >= 0.6 is 0 Å². The normalized spacial score (nSPS) is 22.2. The zero-order valence-electron chi connectivity index (χ0n) is 10.9. The molecule has 0 aliphatic heterocycles. The summed E-state index contributed by atoms with van der Waals surface area (Å²) in [5.41, 5.74) is 1.38. The number of carbonyl (C=O) groups excluding carboxylic acids is 1. The van der Waals surface area contributed by atoms with Gasteiger partial charge in [-0.2, -0.15) is 5.10 Å². The van der Waals surface area contributed by atoms with E-state index in [4.69, 9.17) is 5.11 Å². The van der Waals surface area contributed by atoms with E-state index in [1.54, 1.807) is 13.8 Å². The number of aliphatic carboxylic acids is 1. The second kappa shape index (κ2) is 5.29. The first-order valence-corrected chi connectivity index (χ1v) is 6.20. The molecule has 0 aromatic carbocycles. The van der Waals surface area contributed by atoms with Crippen molar-refractivity contribution < 1.29 is 14.7 Å². The second-order valence-corrected chi connectivity index (χ2v) is 4.78. The van der Waals surface area contributed by atoms with Crippen LogP contribution in [0.1, 0.15) is 30.7 Å². The fourth-order valence-electron chi connectivity index (χ4n) is 2.28. The number of nitrogens with one attached hydrogen (secondary N) is 1. The summed E-state index contributed by atoms with van der Waals surface area (Å²) in [5, 5.41) is 19.3. The van der Waals surface area contributed by atoms with Crippen LogP contribution < -0.4 is 5.32 Å². The number of hydrogen-bond acceptors (Lipinski definition) is 5. The number of aromatic nitrogens is 3. The lowest BCUT2D eigenvalue weighted by molar-refractivity contribution is -0.145. The Kier molecular flexibility index (Phi) is 3.73. The Bertz CT molecular complexity index is 518. The summed E-state index contributed by atoms with van der Waals surface area (Å²) in [6.45, 7) is 3.55. The van der Waals surface area contributed by atoms with Crippen molar-refractivity contribution >= 4 is 17.8 Å². The molecule has 1 amide bonds. The predicted octanol–water partition coefficient (Wildman–Crippen LogP) is 0.928. The van der Waals surface area contributed by atoms with Crippen molar-refractivity contribution in [3.05, 3.63) is 11.4 Å². The molecule has 1 aromatic heterocycles. The van der Waals surface area contributed by atoms with Crippen molar-refractivity contribution in [1.29, 1.82) is 0 Å². The summed E-state index contributed by atoms with van der Waals surface area (Å²) >= 11 is 0. The Balaban J connectivity index is 2.08. The third kappa shape index (κ3) is 2.86. The van der Waals surface area contributed by atoms with E-state index in [9.17, 15) is 9.59 Å². The summed E-state index contributed by atoms with van der Waals surface area (Å²) in [6.07, 6.45) is 1.88. The molecular weight excluding hydrogens is 248 g/mol. The molecule has 7 heteroatoms. The highest BCUT2D eigenvalue weighted by Crippen LogP contribution is 2.32. The van der Waals surface area contributed by atoms with E-state index >= 15 is 0 Å². The number of anilines is 1. The second-order valence-electron chi connectivity index (χ2n) is 4.78. The van der Waals surface area contributed by atoms with Gasteiger partial charge in [-0.3, -0.25) is 14.9 Å². The fraction of sp³-hybridized carbons (Fsp3) is 0.583. The molecule has 1 aromatic rings. The van der Waals surface area contributed by atoms with E-state index < -0.39 is 17.8 Å². The molecule has 0 radical (unpaired) electrons. The molecule has 1 heterocycles. The predicted molar refractivity (Wildman–Crippen MR) is 66.4 cm³/mol. The van der Waals surface area contributed by atoms with Crippen molar-refractivity contribution in [3.8, 4) is 0 Å². The van der Waals surface area contributed by atoms with Gasteiger partial charge in [-0.05, 0) is 26.7 Å². The lowest BCUT2D eigenvalue weighted by Crippen LogP contribution is -2.30. The molecule has 0 bridgehead atoms. The van der Waals surface area contributed by atoms with Gasteiger partial charge < -0.3 is 5.11 Å². The van der Waals surface area contributed by atoms with E-state index in [2.05, 4.69) is 20.5 Å². The molecule has 2 rings (SSSR count). The SMILES string of the molecule is Cc1nnc(NC(=O)C2CCCC2C(=O)O)nc1C. The average molecular weight is 264 g/mol. The summed E-state index contributed by atoms with van der Waals surface area (Å²) in [5.74, 6) is -2.25. The molecule has 1 saturated carbocycles. The third-order valence-electron chi connectivity index (χ3n) is 3.50. The maximum absolute atomic E-state index is 12.0. The van der Waals surface area contributed by atoms with Gasteiger partial charge in [0.05, 0.1) is 23.2 Å². The van der Waals surface area contributed by atoms with Gasteiger partial charge in [0.15, 0.2) is 0 Å². The molecule has 0 spiro atoms. The number of carbonyl (C=O) groups is 2. The maximum atomic E-state index is 12.0. The largest absolute Gasteiger partial charge is 0.481 e. The zero-order valence-corrected chi connectivity index (χ0v) is 10.9. The van der Waals surface area contributed by atoms with Crippen LogP contribution in [-0.2, 0) is 9.59 Å². The van der Waals surface area contributed by atoms with Crippen LogP contribution in [0.5, 0.6) is 0 Å². The van der Waals surface area contributed by atoms with Crippen LogP contribution in [0.3, 0.4) is 0 Å². The van der Waals surface area contributed by atoms with Gasteiger partial charge in [-0.1, -0.05) is 6.42 Å². The van der Waals surface area contributed by atoms with E-state index in [1.807, 2.05) is 0 Å². The van der Waals surface area contributed by atoms with Crippen molar-refractivity contribution in [2.24, 2.45) is 11.8 Å². The molecule has 2 unspecified atom stereocenters. The van der Waals surface area contributed by atoms with Crippen LogP contribution in [0.25, 0.3) is 0 Å². The number of carboxylic acid groups (broad SMARTS) is 1. The van der Waals surface area contributed by atoms with Gasteiger partial charge in [0, 0.05) is 0 Å². The van der Waals surface area contributed by atoms with Crippen molar-refractivity contribution in [1.82, 2.24) is 15.2 Å². The van der Waals surface area contributed by atoms with E-state index in [0.717, 1.165) is 6.42 Å². The number of rotatable bonds is 3. The molecule has 2 N–H and O–H groups in total. The minimum atomic E-state index is -0.920. The van der Waals surface area contributed by atoms with Crippen molar-refractivity contribution in [3.63, 3.8) is 0 Å². The lowest BCUT2D eigenvalue weighted by atomic mass is 9.95. The Morgan fingerprint density at radius 2 is 1.84 bits per heavy atom. The molecule has 19 heavy (non-hydrogen) atoms. The van der Waals surface area contributed by atoms with Crippen LogP contribution in [-0.4, -0.2) is 32.2 Å². The highest BCUT2D eigenvalue weighted by Gasteiger charge is 2.38. The third-order valence-corrected chi connectivity index (χ3v) is 3.50. The first-order valence-electron chi connectivity index (χ1n) is 6.20. The number of amides is 1. The van der Waals surface area contributed by atoms with Crippen molar-refractivity contribution in [2.75, 3.05) is 5.32 Å². The average Bonchev–Trinajstić information content (AvgIpc) is 2.83. The van der Waals surface area contributed by atoms with E-state index in [-0.39, 0.29) is 11.9 Å². The first-order chi connectivity index (χ1) is 8.99. The number of nitrogens with zero attached hydrogens (tertiary/aromatic N) is 3. The van der Waals surface area contributed by atoms with Gasteiger partial charge in [-0.15, -0.1) is 5.10 Å². The molecule has 1 aliphatic carbocycles. The molecule has 1 fully saturated rings. The van der Waals surface area contributed by atoms with Crippen LogP contribution in [0.2, 0.25) is 0 Å². The number of hydrogen-bond donors (Lipinski definition) is 2. The van der Waals surface area contributed by atoms with Crippen LogP contribution in [0.15, 0.2) is 0 Å². The molecule has 0 saturated heterocycles. The minimum Gasteiger partial charge on any atom is -0.481 e. The Morgan fingerprint density at radius 1 is 1.16 bits per heavy atom. The minimum absolute atomic E-state index is 0.129. The lowest BCUT2D eigenvalue weighted by Gasteiger charge is -2.14. The Labute approximate surface area is 110 Å². The number of aryl methyl sites for hydroxylation is 2. The summed E-state index contributed by atoms with van der Waals surface area (Å²) < 4.78 is 0. The quantitative estimate of drug-likeness (QED) is 0.841. The Morgan fingerprint density at radius 3 is 2.47 bits per heavy atom. The summed E-state index contributed by atoms with van der Waals surface area (Å²) in [6, 6.07) is 0. The van der Waals surface area contributed by atoms with Gasteiger partial charge in [-0.25, -0.2) is 4.98 Å². The number of carboxylic acids is 1. The first kappa shape index (κ1) is 13.4. The van der Waals surface area contributed by atoms with Gasteiger partial charge in [0.2, 0.25) is 11.9 Å². The van der Waals surface area contributed by atoms with Crippen molar-refractivity contribution in [2.45, 2.75) is 33.1 Å². The van der Waals surface area contributed by atoms with Crippen LogP contribution in [0, 0.1) is 25.7 Å². The maximum Gasteiger partial charge on any atom is 0.307 e. The molecular formula is C12H16N4O3. The topological polar surface area (TPSA) is 105 Å². The zero-order chi connectivity index (χ0) is 14.0. The highest BCUT2D eigenvalue weighted by atomic mass is 16.4. The van der Waals surface area contributed by atoms with Gasteiger partial charge >= 0.3 is 5.97 Å². The highest BCUT2D eigenvalue weighted by molar-refractivity contribution is 5.94. The Hall–Kier alpha value is -2.05. The van der Waals surface area contributed by atoms with E-state index in [1.165, 1.54) is 0 Å². The smallest absolute Gasteiger partial charge is 0.307 e. The monoisotopic (exact) mass is 264 g/mol. The van der Waals surface area contributed by atoms with Gasteiger partial charge in [0.1, 0.15) is 0 Å². The van der Waals surface area contributed by atoms with Gasteiger partial charge in [0.25, 0.3) is 0 Å². The fourth-order valence-corrected chi connectivity index (χ4v) is 2.28. The standard InChI is InChI=1S/C12H16N4O3/c1-6-7(2)15-16-12(13-6)14-10(17)8-4-3-5-9(8)11(18)19/h8-9H,3-5H2,1-2H3,(H,18,19)(H,13,14,16,17). The van der Waals surface area contributed by atoms with Crippen LogP contribution in [0.4, 0.5) is 5.95 Å². The summed E-state index contributed by atoms with van der Waals surface area (Å²) in [4.78, 5) is 27.2. The van der Waals surface area contributed by atoms with E-state index in [0.29, 0.717) is 24.2 Å². The molecule has 1 aliphatic rings. The molecule has 2 atom stereocenters. The molecule has 7 nitrogen and oxygen atoms in total. The molecule has 102 valence electrons.